The number of unbranched alkanes of at least 4 members (excludes halogenated alkanes) is 1. The minimum Gasteiger partial charge on any atom is -0.314 e. The lowest BCUT2D eigenvalue weighted by Crippen LogP contribution is -2.33. The summed E-state index contributed by atoms with van der Waals surface area (Å²) in [5.74, 6) is 4.41. The zero-order valence-electron chi connectivity index (χ0n) is 8.84. The Morgan fingerprint density at radius 3 is 2.69 bits per heavy atom. The minimum absolute atomic E-state index is 0.743. The smallest absolute Gasteiger partial charge is 0.00981 e. The molecule has 74 valence electrons. The van der Waals surface area contributed by atoms with Gasteiger partial charge in [-0.05, 0) is 37.6 Å². The summed E-state index contributed by atoms with van der Waals surface area (Å²) in [6, 6.07) is 0.743. The quantitative estimate of drug-likeness (QED) is 0.516. The van der Waals surface area contributed by atoms with Gasteiger partial charge in [0.15, 0.2) is 0 Å². The lowest BCUT2D eigenvalue weighted by atomic mass is 9.98. The number of hydrogen-bond acceptors (Lipinski definition) is 1. The zero-order valence-corrected chi connectivity index (χ0v) is 8.84. The van der Waals surface area contributed by atoms with Crippen molar-refractivity contribution in [2.75, 3.05) is 6.54 Å². The van der Waals surface area contributed by atoms with Crippen molar-refractivity contribution in [3.8, 4) is 12.3 Å². The molecule has 1 aliphatic carbocycles. The summed E-state index contributed by atoms with van der Waals surface area (Å²) >= 11 is 0. The maximum Gasteiger partial charge on any atom is 0.00981 e. The molecule has 1 heteroatoms. The molecule has 0 aromatic rings. The van der Waals surface area contributed by atoms with Crippen LogP contribution in [-0.4, -0.2) is 12.6 Å². The van der Waals surface area contributed by atoms with Crippen molar-refractivity contribution in [3.05, 3.63) is 0 Å². The Labute approximate surface area is 82.3 Å². The van der Waals surface area contributed by atoms with E-state index in [-0.39, 0.29) is 0 Å². The van der Waals surface area contributed by atoms with E-state index in [4.69, 9.17) is 6.42 Å². The average molecular weight is 179 g/mol. The molecule has 0 amide bonds. The van der Waals surface area contributed by atoms with Gasteiger partial charge in [-0.1, -0.05) is 13.8 Å². The predicted octanol–water partition coefficient (Wildman–Crippen LogP) is 2.42. The van der Waals surface area contributed by atoms with E-state index in [2.05, 4.69) is 25.1 Å². The van der Waals surface area contributed by atoms with Gasteiger partial charge in [0, 0.05) is 12.5 Å². The van der Waals surface area contributed by atoms with E-state index in [1.807, 2.05) is 0 Å². The van der Waals surface area contributed by atoms with Crippen LogP contribution in [0.15, 0.2) is 0 Å². The number of terminal acetylenes is 1. The van der Waals surface area contributed by atoms with E-state index in [0.717, 1.165) is 37.3 Å². The summed E-state index contributed by atoms with van der Waals surface area (Å²) < 4.78 is 0. The van der Waals surface area contributed by atoms with Crippen LogP contribution in [0.25, 0.3) is 0 Å². The predicted molar refractivity (Wildman–Crippen MR) is 57.4 cm³/mol. The highest BCUT2D eigenvalue weighted by Gasteiger charge is 2.28. The Morgan fingerprint density at radius 2 is 2.15 bits per heavy atom. The Bertz CT molecular complexity index is 180. The van der Waals surface area contributed by atoms with Crippen molar-refractivity contribution >= 4 is 0 Å². The molecule has 3 atom stereocenters. The van der Waals surface area contributed by atoms with E-state index in [1.54, 1.807) is 0 Å². The van der Waals surface area contributed by atoms with Crippen molar-refractivity contribution in [2.45, 2.75) is 45.6 Å². The zero-order chi connectivity index (χ0) is 9.68. The molecule has 1 N–H and O–H groups in total. The average Bonchev–Trinajstić information content (AvgIpc) is 2.43. The largest absolute Gasteiger partial charge is 0.314 e. The Hall–Kier alpha value is -0.480. The summed E-state index contributed by atoms with van der Waals surface area (Å²) in [7, 11) is 0. The molecule has 0 bridgehead atoms. The Balaban J connectivity index is 2.12. The molecule has 1 nitrogen and oxygen atoms in total. The van der Waals surface area contributed by atoms with Crippen molar-refractivity contribution in [1.29, 1.82) is 0 Å². The van der Waals surface area contributed by atoms with Gasteiger partial charge in [-0.25, -0.2) is 0 Å². The third-order valence-electron chi connectivity index (χ3n) is 3.37. The molecule has 0 radical (unpaired) electrons. The molecule has 3 unspecified atom stereocenters. The van der Waals surface area contributed by atoms with E-state index < -0.39 is 0 Å². The van der Waals surface area contributed by atoms with Crippen LogP contribution in [0.1, 0.15) is 39.5 Å². The van der Waals surface area contributed by atoms with Gasteiger partial charge in [0.05, 0.1) is 0 Å². The highest BCUT2D eigenvalue weighted by Crippen LogP contribution is 2.30. The number of rotatable bonds is 4. The van der Waals surface area contributed by atoms with Crippen molar-refractivity contribution in [2.24, 2.45) is 11.8 Å². The fourth-order valence-electron chi connectivity index (χ4n) is 2.13. The normalized spacial score (nSPS) is 33.2. The standard InChI is InChI=1S/C12H21N/c1-4-5-6-9-13-12-8-7-10(2)11(12)3/h1,10-13H,5-9H2,2-3H3. The number of nitrogens with one attached hydrogen (secondary N) is 1. The first-order chi connectivity index (χ1) is 6.25. The lowest BCUT2D eigenvalue weighted by Gasteiger charge is -2.19. The molecule has 13 heavy (non-hydrogen) atoms. The molecular formula is C12H21N. The van der Waals surface area contributed by atoms with Gasteiger partial charge in [-0.3, -0.25) is 0 Å². The van der Waals surface area contributed by atoms with Crippen LogP contribution in [0.4, 0.5) is 0 Å². The van der Waals surface area contributed by atoms with Crippen molar-refractivity contribution in [1.82, 2.24) is 5.32 Å². The van der Waals surface area contributed by atoms with Gasteiger partial charge < -0.3 is 5.32 Å². The molecule has 1 rings (SSSR count). The molecular weight excluding hydrogens is 158 g/mol. The molecule has 0 aliphatic heterocycles. The molecule has 1 saturated carbocycles. The van der Waals surface area contributed by atoms with Crippen molar-refractivity contribution < 1.29 is 0 Å². The second kappa shape index (κ2) is 5.29. The Morgan fingerprint density at radius 1 is 1.38 bits per heavy atom. The van der Waals surface area contributed by atoms with E-state index in [0.29, 0.717) is 0 Å². The van der Waals surface area contributed by atoms with Crippen LogP contribution in [-0.2, 0) is 0 Å². The summed E-state index contributed by atoms with van der Waals surface area (Å²) in [5, 5.41) is 3.60. The minimum atomic E-state index is 0.743. The highest BCUT2D eigenvalue weighted by molar-refractivity contribution is 4.86. The van der Waals surface area contributed by atoms with Gasteiger partial charge in [-0.15, -0.1) is 12.3 Å². The molecule has 0 heterocycles. The van der Waals surface area contributed by atoms with Crippen LogP contribution in [0.3, 0.4) is 0 Å². The van der Waals surface area contributed by atoms with E-state index in [9.17, 15) is 0 Å². The van der Waals surface area contributed by atoms with Gasteiger partial charge >= 0.3 is 0 Å². The third-order valence-corrected chi connectivity index (χ3v) is 3.37. The monoisotopic (exact) mass is 179 g/mol. The lowest BCUT2D eigenvalue weighted by molar-refractivity contribution is 0.370. The molecule has 1 fully saturated rings. The van der Waals surface area contributed by atoms with E-state index in [1.165, 1.54) is 12.8 Å². The fourth-order valence-corrected chi connectivity index (χ4v) is 2.13. The third kappa shape index (κ3) is 3.04. The fraction of sp³-hybridized carbons (Fsp3) is 0.833. The second-order valence-electron chi connectivity index (χ2n) is 4.28. The summed E-state index contributed by atoms with van der Waals surface area (Å²) in [6.45, 7) is 5.80. The SMILES string of the molecule is C#CCCCNC1CCC(C)C1C. The highest BCUT2D eigenvalue weighted by atomic mass is 14.9. The first-order valence-electron chi connectivity index (χ1n) is 5.42. The van der Waals surface area contributed by atoms with Crippen molar-refractivity contribution in [3.63, 3.8) is 0 Å². The summed E-state index contributed by atoms with van der Waals surface area (Å²) in [6.07, 6.45) is 9.95. The van der Waals surface area contributed by atoms with Crippen LogP contribution in [0.2, 0.25) is 0 Å². The second-order valence-corrected chi connectivity index (χ2v) is 4.28. The van der Waals surface area contributed by atoms with Gasteiger partial charge in [0.2, 0.25) is 0 Å². The van der Waals surface area contributed by atoms with Crippen LogP contribution in [0.5, 0.6) is 0 Å². The number of hydrogen-bond donors (Lipinski definition) is 1. The first kappa shape index (κ1) is 10.6. The maximum absolute atomic E-state index is 5.19. The van der Waals surface area contributed by atoms with Crippen LogP contribution >= 0.6 is 0 Å². The molecule has 0 saturated heterocycles. The summed E-state index contributed by atoms with van der Waals surface area (Å²) in [5.41, 5.74) is 0. The summed E-state index contributed by atoms with van der Waals surface area (Å²) in [4.78, 5) is 0. The van der Waals surface area contributed by atoms with Gasteiger partial charge in [0.1, 0.15) is 0 Å². The Kier molecular flexibility index (Phi) is 4.32. The molecule has 0 aromatic carbocycles. The van der Waals surface area contributed by atoms with Gasteiger partial charge in [0.25, 0.3) is 0 Å². The maximum atomic E-state index is 5.19. The topological polar surface area (TPSA) is 12.0 Å². The van der Waals surface area contributed by atoms with E-state index >= 15 is 0 Å². The van der Waals surface area contributed by atoms with Gasteiger partial charge in [-0.2, -0.15) is 0 Å². The van der Waals surface area contributed by atoms with Crippen LogP contribution in [0, 0.1) is 24.2 Å². The molecule has 0 aromatic heterocycles. The molecule has 1 aliphatic rings. The van der Waals surface area contributed by atoms with Crippen LogP contribution < -0.4 is 5.32 Å². The molecule has 0 spiro atoms. The first-order valence-corrected chi connectivity index (χ1v) is 5.42.